The van der Waals surface area contributed by atoms with Crippen molar-refractivity contribution in [2.45, 2.75) is 26.1 Å². The summed E-state index contributed by atoms with van der Waals surface area (Å²) in [5.41, 5.74) is -0.285. The maximum absolute atomic E-state index is 11.4. The zero-order valence-electron chi connectivity index (χ0n) is 8.82. The Morgan fingerprint density at radius 3 is 2.47 bits per heavy atom. The van der Waals surface area contributed by atoms with Crippen molar-refractivity contribution in [2.75, 3.05) is 18.1 Å². The summed E-state index contributed by atoms with van der Waals surface area (Å²) in [6.45, 7) is 4.11. The van der Waals surface area contributed by atoms with Gasteiger partial charge in [0.2, 0.25) is 0 Å². The molecule has 2 rings (SSSR count). The number of sulfone groups is 1. The van der Waals surface area contributed by atoms with E-state index in [9.17, 15) is 13.2 Å². The van der Waals surface area contributed by atoms with Crippen LogP contribution in [0.25, 0.3) is 0 Å². The lowest BCUT2D eigenvalue weighted by molar-refractivity contribution is -0.122. The third-order valence-electron chi connectivity index (χ3n) is 2.80. The first-order valence-electron chi connectivity index (χ1n) is 4.95. The fraction of sp³-hybridized carbons (Fsp3) is 0.889. The summed E-state index contributed by atoms with van der Waals surface area (Å²) in [5.74, 6) is 0.205. The first kappa shape index (κ1) is 10.9. The molecule has 1 N–H and O–H groups in total. The molecular formula is C9H15NO4S. The average molecular weight is 233 g/mol. The highest BCUT2D eigenvalue weighted by Gasteiger charge is 2.46. The van der Waals surface area contributed by atoms with Crippen LogP contribution >= 0.6 is 0 Å². The van der Waals surface area contributed by atoms with Gasteiger partial charge in [0.25, 0.3) is 5.91 Å². The van der Waals surface area contributed by atoms with Gasteiger partial charge in [-0.05, 0) is 6.92 Å². The molecule has 0 spiro atoms. The van der Waals surface area contributed by atoms with E-state index in [2.05, 4.69) is 5.32 Å². The molecule has 2 heterocycles. The molecule has 0 radical (unpaired) electrons. The zero-order chi connectivity index (χ0) is 11.3. The van der Waals surface area contributed by atoms with Gasteiger partial charge in [0.05, 0.1) is 17.6 Å². The lowest BCUT2D eigenvalue weighted by Crippen LogP contribution is -2.53. The fourth-order valence-electron chi connectivity index (χ4n) is 1.98. The van der Waals surface area contributed by atoms with Crippen molar-refractivity contribution in [1.82, 2.24) is 5.32 Å². The van der Waals surface area contributed by atoms with Gasteiger partial charge in [-0.15, -0.1) is 0 Å². The minimum Gasteiger partial charge on any atom is -0.359 e. The van der Waals surface area contributed by atoms with Crippen molar-refractivity contribution in [3.8, 4) is 0 Å². The monoisotopic (exact) mass is 233 g/mol. The van der Waals surface area contributed by atoms with E-state index in [1.807, 2.05) is 13.8 Å². The van der Waals surface area contributed by atoms with Crippen LogP contribution in [0, 0.1) is 5.41 Å². The minimum absolute atomic E-state index is 0.00271. The largest absolute Gasteiger partial charge is 0.359 e. The Hall–Kier alpha value is -0.620. The summed E-state index contributed by atoms with van der Waals surface area (Å²) >= 11 is 0. The molecule has 2 aliphatic rings. The summed E-state index contributed by atoms with van der Waals surface area (Å²) < 4.78 is 27.0. The third-order valence-corrected chi connectivity index (χ3v) is 5.07. The van der Waals surface area contributed by atoms with Gasteiger partial charge in [-0.25, -0.2) is 8.42 Å². The van der Waals surface area contributed by atoms with Crippen molar-refractivity contribution < 1.29 is 17.9 Å². The Morgan fingerprint density at radius 1 is 1.53 bits per heavy atom. The smallest absolute Gasteiger partial charge is 0.251 e. The van der Waals surface area contributed by atoms with Crippen molar-refractivity contribution in [3.63, 3.8) is 0 Å². The van der Waals surface area contributed by atoms with Gasteiger partial charge in [0.15, 0.2) is 15.9 Å². The van der Waals surface area contributed by atoms with Crippen molar-refractivity contribution in [1.29, 1.82) is 0 Å². The van der Waals surface area contributed by atoms with Crippen LogP contribution in [0.5, 0.6) is 0 Å². The molecule has 86 valence electrons. The molecule has 0 aromatic carbocycles. The number of epoxide rings is 1. The second kappa shape index (κ2) is 3.18. The number of ether oxygens (including phenoxy) is 1. The maximum atomic E-state index is 11.4. The Kier molecular flexibility index (Phi) is 2.31. The second-order valence-electron chi connectivity index (χ2n) is 4.82. The number of carbonyl (C=O) groups excluding carboxylic acids is 1. The summed E-state index contributed by atoms with van der Waals surface area (Å²) in [7, 11) is -2.83. The van der Waals surface area contributed by atoms with Gasteiger partial charge in [-0.2, -0.15) is 0 Å². The minimum atomic E-state index is -2.83. The normalized spacial score (nSPS) is 35.3. The molecule has 2 aliphatic heterocycles. The van der Waals surface area contributed by atoms with Crippen molar-refractivity contribution in [3.05, 3.63) is 0 Å². The topological polar surface area (TPSA) is 75.8 Å². The van der Waals surface area contributed by atoms with Crippen LogP contribution in [0.15, 0.2) is 0 Å². The highest BCUT2D eigenvalue weighted by atomic mass is 32.2. The highest BCUT2D eigenvalue weighted by Crippen LogP contribution is 2.31. The second-order valence-corrected chi connectivity index (χ2v) is 6.89. The Balaban J connectivity index is 1.77. The lowest BCUT2D eigenvalue weighted by atomic mass is 9.95. The van der Waals surface area contributed by atoms with E-state index in [0.29, 0.717) is 6.54 Å². The van der Waals surface area contributed by atoms with E-state index in [1.165, 1.54) is 0 Å². The maximum Gasteiger partial charge on any atom is 0.251 e. The average Bonchev–Trinajstić information content (AvgIpc) is 2.75. The molecule has 0 aromatic heterocycles. The molecule has 2 saturated heterocycles. The number of hydrogen-bond donors (Lipinski definition) is 1. The summed E-state index contributed by atoms with van der Waals surface area (Å²) in [6.07, 6.45) is -0.326. The van der Waals surface area contributed by atoms with Crippen LogP contribution in [0.2, 0.25) is 0 Å². The number of carbonyl (C=O) groups is 1. The van der Waals surface area contributed by atoms with Gasteiger partial charge in [-0.3, -0.25) is 4.79 Å². The first-order chi connectivity index (χ1) is 6.81. The third kappa shape index (κ3) is 2.31. The van der Waals surface area contributed by atoms with Gasteiger partial charge in [0.1, 0.15) is 0 Å². The van der Waals surface area contributed by atoms with Crippen LogP contribution in [0.1, 0.15) is 13.8 Å². The molecule has 1 amide bonds. The molecule has 5 nitrogen and oxygen atoms in total. The summed E-state index contributed by atoms with van der Waals surface area (Å²) in [6, 6.07) is 0. The Labute approximate surface area is 89.1 Å². The number of rotatable bonds is 3. The molecule has 0 unspecified atom stereocenters. The van der Waals surface area contributed by atoms with E-state index in [-0.39, 0.29) is 35.0 Å². The van der Waals surface area contributed by atoms with E-state index in [0.717, 1.165) is 0 Å². The predicted octanol–water partition coefficient (Wildman–Crippen LogP) is -0.675. The SMILES string of the molecule is C[C@@H]1O[C@H]1C(=O)NCC1(C)CS(=O)(=O)C1. The van der Waals surface area contributed by atoms with Gasteiger partial charge in [0, 0.05) is 12.0 Å². The van der Waals surface area contributed by atoms with Crippen LogP contribution in [0.3, 0.4) is 0 Å². The summed E-state index contributed by atoms with van der Waals surface area (Å²) in [4.78, 5) is 11.4. The van der Waals surface area contributed by atoms with Crippen LogP contribution < -0.4 is 5.32 Å². The molecular weight excluding hydrogens is 218 g/mol. The molecule has 15 heavy (non-hydrogen) atoms. The first-order valence-corrected chi connectivity index (χ1v) is 6.77. The van der Waals surface area contributed by atoms with Crippen LogP contribution in [0.4, 0.5) is 0 Å². The van der Waals surface area contributed by atoms with E-state index in [4.69, 9.17) is 4.74 Å². The van der Waals surface area contributed by atoms with Crippen LogP contribution in [-0.2, 0) is 19.4 Å². The van der Waals surface area contributed by atoms with E-state index >= 15 is 0 Å². The standard InChI is InChI=1S/C9H15NO4S/c1-6-7(14-6)8(11)10-3-9(2)4-15(12,13)5-9/h6-7H,3-5H2,1-2H3,(H,10,11)/t6-,7+/m0/s1. The number of nitrogens with one attached hydrogen (secondary N) is 1. The molecule has 0 aliphatic carbocycles. The molecule has 0 saturated carbocycles. The van der Waals surface area contributed by atoms with Gasteiger partial charge < -0.3 is 10.1 Å². The van der Waals surface area contributed by atoms with Gasteiger partial charge in [-0.1, -0.05) is 6.92 Å². The van der Waals surface area contributed by atoms with E-state index < -0.39 is 9.84 Å². The Bertz CT molecular complexity index is 377. The lowest BCUT2D eigenvalue weighted by Gasteiger charge is -2.37. The summed E-state index contributed by atoms with van der Waals surface area (Å²) in [5, 5.41) is 2.73. The molecule has 0 aromatic rings. The van der Waals surface area contributed by atoms with E-state index in [1.54, 1.807) is 0 Å². The van der Waals surface area contributed by atoms with Gasteiger partial charge >= 0.3 is 0 Å². The molecule has 2 atom stereocenters. The number of hydrogen-bond acceptors (Lipinski definition) is 4. The predicted molar refractivity (Wildman–Crippen MR) is 54.1 cm³/mol. The zero-order valence-corrected chi connectivity index (χ0v) is 9.63. The number of amides is 1. The fourth-order valence-corrected chi connectivity index (χ4v) is 4.23. The molecule has 6 heteroatoms. The molecule has 0 bridgehead atoms. The van der Waals surface area contributed by atoms with Crippen LogP contribution in [-0.4, -0.2) is 44.6 Å². The molecule has 2 fully saturated rings. The Morgan fingerprint density at radius 2 is 2.07 bits per heavy atom. The van der Waals surface area contributed by atoms with Crippen molar-refractivity contribution in [2.24, 2.45) is 5.41 Å². The van der Waals surface area contributed by atoms with Crippen molar-refractivity contribution >= 4 is 15.7 Å². The highest BCUT2D eigenvalue weighted by molar-refractivity contribution is 7.92. The quantitative estimate of drug-likeness (QED) is 0.656.